The molecule has 0 bridgehead atoms. The van der Waals surface area contributed by atoms with E-state index >= 15 is 0 Å². The third-order valence-electron chi connectivity index (χ3n) is 7.07. The van der Waals surface area contributed by atoms with Crippen molar-refractivity contribution in [2.45, 2.75) is 43.4 Å². The van der Waals surface area contributed by atoms with E-state index < -0.39 is 21.7 Å². The molecule has 0 spiro atoms. The van der Waals surface area contributed by atoms with Crippen LogP contribution in [0.25, 0.3) is 16.8 Å². The number of carbonyl (C=O) groups is 1. The maximum atomic E-state index is 14.6. The van der Waals surface area contributed by atoms with Crippen LogP contribution in [0.3, 0.4) is 0 Å². The lowest BCUT2D eigenvalue weighted by atomic mass is 10.2. The van der Waals surface area contributed by atoms with Gasteiger partial charge in [0.05, 0.1) is 33.9 Å². The maximum Gasteiger partial charge on any atom is 0.256 e. The number of carbonyl (C=O) groups excluding carboxylic acids is 1. The number of halogens is 2. The van der Waals surface area contributed by atoms with Gasteiger partial charge in [0.1, 0.15) is 5.82 Å². The van der Waals surface area contributed by atoms with E-state index in [1.54, 1.807) is 24.3 Å². The Kier molecular flexibility index (Phi) is 7.84. The minimum atomic E-state index is -3.37. The molecule has 2 heterocycles. The summed E-state index contributed by atoms with van der Waals surface area (Å²) in [4.78, 5) is 17.1. The zero-order valence-corrected chi connectivity index (χ0v) is 24.1. The number of thioether (sulfide) groups is 1. The van der Waals surface area contributed by atoms with Crippen molar-refractivity contribution in [3.05, 3.63) is 83.2 Å². The van der Waals surface area contributed by atoms with Gasteiger partial charge in [-0.15, -0.1) is 10.2 Å². The Bertz CT molecular complexity index is 1840. The number of fused-ring (bicyclic) bond motifs is 3. The van der Waals surface area contributed by atoms with Crippen molar-refractivity contribution < 1.29 is 17.9 Å². The van der Waals surface area contributed by atoms with E-state index in [0.717, 1.165) is 36.7 Å². The summed E-state index contributed by atoms with van der Waals surface area (Å²) >= 11 is 7.48. The number of hydrogen-bond acceptors (Lipinski definition) is 5. The summed E-state index contributed by atoms with van der Waals surface area (Å²) in [6.45, 7) is 0.159. The molecule has 0 saturated heterocycles. The summed E-state index contributed by atoms with van der Waals surface area (Å²) in [6.07, 6.45) is 10.0. The first-order valence-electron chi connectivity index (χ1n) is 13.1. The molecule has 0 aliphatic heterocycles. The van der Waals surface area contributed by atoms with Gasteiger partial charge in [-0.3, -0.25) is 9.20 Å². The normalized spacial score (nSPS) is 17.1. The number of para-hydroxylation sites is 2. The Morgan fingerprint density at radius 2 is 1.83 bits per heavy atom. The minimum Gasteiger partial charge on any atom is -0.304 e. The summed E-state index contributed by atoms with van der Waals surface area (Å²) in [5, 5.41) is 9.43. The molecule has 2 aliphatic rings. The summed E-state index contributed by atoms with van der Waals surface area (Å²) < 4.78 is 44.3. The highest BCUT2D eigenvalue weighted by Crippen LogP contribution is 2.29. The van der Waals surface area contributed by atoms with Crippen molar-refractivity contribution in [1.82, 2.24) is 23.9 Å². The van der Waals surface area contributed by atoms with E-state index in [1.807, 2.05) is 33.2 Å². The number of aromatic nitrogens is 4. The van der Waals surface area contributed by atoms with Crippen LogP contribution < -0.4 is 4.72 Å². The standard InChI is InChI=1S/C28H26ClFN6O3S2/c29-22-8-5-9-23(30)21(22)16-35-24-10-3-4-11-25(24)36-27(35)32-33-28(36)40-17-26(37)31-18-12-14-20(15-13-18)41(38,39)34-19-6-1-2-7-19/h3-5,8-15,19H,1-2,6-7,16-17H2,(H2,34,38,39). The van der Waals surface area contributed by atoms with Gasteiger partial charge in [-0.2, -0.15) is 0 Å². The monoisotopic (exact) mass is 612 g/mol. The van der Waals surface area contributed by atoms with Gasteiger partial charge in [-0.1, -0.05) is 54.4 Å². The topological polar surface area (TPSA) is 114 Å². The third kappa shape index (κ3) is 5.75. The summed E-state index contributed by atoms with van der Waals surface area (Å²) in [6, 6.07) is 12.2. The molecule has 13 heteroatoms. The van der Waals surface area contributed by atoms with Crippen LogP contribution >= 0.6 is 23.4 Å². The lowest BCUT2D eigenvalue weighted by Crippen LogP contribution is -2.35. The third-order valence-corrected chi connectivity index (χ3v) is 9.90. The van der Waals surface area contributed by atoms with E-state index in [4.69, 9.17) is 11.6 Å². The van der Waals surface area contributed by atoms with Crippen LogP contribution in [-0.4, -0.2) is 56.2 Å². The summed E-state index contributed by atoms with van der Waals surface area (Å²) in [5.41, 5.74) is 2.36. The molecule has 1 atom stereocenters. The summed E-state index contributed by atoms with van der Waals surface area (Å²) in [5.74, 6) is -0.308. The van der Waals surface area contributed by atoms with Crippen LogP contribution in [0, 0.1) is 5.82 Å². The van der Waals surface area contributed by atoms with E-state index in [0.29, 0.717) is 27.2 Å². The van der Waals surface area contributed by atoms with E-state index in [9.17, 15) is 17.9 Å². The van der Waals surface area contributed by atoms with E-state index in [2.05, 4.69) is 19.9 Å². The van der Waals surface area contributed by atoms with E-state index in [1.165, 1.54) is 30.0 Å². The Hall–Kier alpha value is -3.29. The van der Waals surface area contributed by atoms with Crippen LogP contribution in [0.5, 0.6) is 0 Å². The molecule has 2 N–H and O–H groups in total. The highest BCUT2D eigenvalue weighted by atomic mass is 35.5. The van der Waals surface area contributed by atoms with Gasteiger partial charge in [-0.25, -0.2) is 18.3 Å². The predicted molar refractivity (Wildman–Crippen MR) is 162 cm³/mol. The molecule has 1 amide bonds. The van der Waals surface area contributed by atoms with Crippen molar-refractivity contribution in [3.8, 4) is 0 Å². The second-order valence-corrected chi connectivity index (χ2v) is 12.9. The first-order chi connectivity index (χ1) is 19.8. The number of aliphatic imine (C=N–C) groups is 1. The molecule has 212 valence electrons. The molecule has 2 aromatic carbocycles. The van der Waals surface area contributed by atoms with E-state index in [-0.39, 0.29) is 23.2 Å². The molecule has 1 fully saturated rings. The van der Waals surface area contributed by atoms with Gasteiger partial charge < -0.3 is 9.12 Å². The van der Waals surface area contributed by atoms with Gasteiger partial charge in [0, 0.05) is 16.6 Å². The number of rotatable bonds is 7. The first-order valence-corrected chi connectivity index (χ1v) is 15.9. The second kappa shape index (κ2) is 11.5. The number of nitrogens with one attached hydrogen (secondary N) is 1. The van der Waals surface area contributed by atoms with Crippen molar-refractivity contribution in [3.63, 3.8) is 0 Å². The highest BCUT2D eigenvalue weighted by Gasteiger charge is 2.21. The molecular formula is C28H26ClFN6O3S2. The number of amides is 1. The van der Waals surface area contributed by atoms with Gasteiger partial charge >= 0.3 is 0 Å². The molecule has 6 rings (SSSR count). The van der Waals surface area contributed by atoms with Crippen LogP contribution in [0.1, 0.15) is 31.2 Å². The molecule has 1 saturated carbocycles. The van der Waals surface area contributed by atoms with Gasteiger partial charge in [-0.05, 0) is 61.4 Å². The molecule has 41 heavy (non-hydrogen) atoms. The van der Waals surface area contributed by atoms with Gasteiger partial charge in [0.2, 0.25) is 5.78 Å². The molecule has 0 radical (unpaired) electrons. The van der Waals surface area contributed by atoms with Crippen LogP contribution in [0.4, 0.5) is 4.39 Å². The molecule has 9 nitrogen and oxygen atoms in total. The largest absolute Gasteiger partial charge is 0.304 e. The van der Waals surface area contributed by atoms with Crippen molar-refractivity contribution in [2.24, 2.45) is 4.99 Å². The molecule has 2 aliphatic carbocycles. The number of benzene rings is 2. The number of hydrogen-bond donors (Lipinski definition) is 2. The minimum absolute atomic E-state index is 0.00116. The van der Waals surface area contributed by atoms with Crippen molar-refractivity contribution in [2.75, 3.05) is 5.75 Å². The lowest BCUT2D eigenvalue weighted by molar-refractivity contribution is -0.115. The first kappa shape index (κ1) is 27.9. The SMILES string of the molecule is O=C(CSc1nnc2n(Cc3c(F)cccc3Cl)c3ccccc3n12)N=C1C=CC(=S(=O)(O)NC2CCCC2)C=C1. The predicted octanol–water partition coefficient (Wildman–Crippen LogP) is 5.09. The fourth-order valence-corrected chi connectivity index (χ4v) is 7.35. The quantitative estimate of drug-likeness (QED) is 0.222. The molecule has 2 aromatic heterocycles. The Balaban J connectivity index is 1.20. The fraction of sp³-hybridized carbons (Fsp3) is 0.250. The van der Waals surface area contributed by atoms with Crippen LogP contribution in [-0.2, 0) is 21.3 Å². The lowest BCUT2D eigenvalue weighted by Gasteiger charge is -2.15. The number of imidazole rings is 1. The fourth-order valence-electron chi connectivity index (χ4n) is 5.07. The molecular weight excluding hydrogens is 587 g/mol. The number of allylic oxidation sites excluding steroid dienone is 4. The highest BCUT2D eigenvalue weighted by molar-refractivity contribution is 7.99. The average molecular weight is 613 g/mol. The van der Waals surface area contributed by atoms with Crippen LogP contribution in [0.15, 0.2) is 76.9 Å². The van der Waals surface area contributed by atoms with Crippen molar-refractivity contribution >= 4 is 66.6 Å². The number of nitrogens with zero attached hydrogens (tertiary/aromatic N) is 5. The Morgan fingerprint density at radius 1 is 1.10 bits per heavy atom. The molecule has 4 aromatic rings. The zero-order chi connectivity index (χ0) is 28.6. The Morgan fingerprint density at radius 3 is 2.56 bits per heavy atom. The zero-order valence-electron chi connectivity index (χ0n) is 21.7. The van der Waals surface area contributed by atoms with Gasteiger partial charge in [0.15, 0.2) is 15.1 Å². The smallest absolute Gasteiger partial charge is 0.256 e. The molecule has 1 unspecified atom stereocenters. The van der Waals surface area contributed by atoms with Gasteiger partial charge in [0.25, 0.3) is 5.91 Å². The second-order valence-electron chi connectivity index (χ2n) is 9.81. The van der Waals surface area contributed by atoms with Crippen LogP contribution in [0.2, 0.25) is 5.02 Å². The average Bonchev–Trinajstić information content (AvgIpc) is 3.68. The Labute approximate surface area is 245 Å². The summed E-state index contributed by atoms with van der Waals surface area (Å²) in [7, 11) is -3.37. The van der Waals surface area contributed by atoms with Crippen molar-refractivity contribution in [1.29, 1.82) is 0 Å². The maximum absolute atomic E-state index is 14.6.